The van der Waals surface area contributed by atoms with Crippen molar-refractivity contribution in [2.75, 3.05) is 6.54 Å². The third kappa shape index (κ3) is 2.73. The highest BCUT2D eigenvalue weighted by molar-refractivity contribution is 6.30. The second kappa shape index (κ2) is 5.00. The first-order valence-electron chi connectivity index (χ1n) is 5.77. The van der Waals surface area contributed by atoms with Crippen molar-refractivity contribution < 1.29 is 0 Å². The number of hydrogen-bond acceptors (Lipinski definition) is 1. The van der Waals surface area contributed by atoms with Gasteiger partial charge in [0.25, 0.3) is 0 Å². The second-order valence-electron chi connectivity index (χ2n) is 4.45. The van der Waals surface area contributed by atoms with Gasteiger partial charge in [0.15, 0.2) is 0 Å². The van der Waals surface area contributed by atoms with Crippen LogP contribution in [0.4, 0.5) is 0 Å². The first-order chi connectivity index (χ1) is 7.29. The number of nitrogens with two attached hydrogens (primary N) is 1. The maximum atomic E-state index is 6.01. The molecular formula is C13H18ClN. The van der Waals surface area contributed by atoms with Gasteiger partial charge in [-0.15, -0.1) is 0 Å². The Bertz CT molecular complexity index is 335. The topological polar surface area (TPSA) is 26.0 Å². The molecule has 1 aliphatic rings. The number of aryl methyl sites for hydroxylation is 1. The summed E-state index contributed by atoms with van der Waals surface area (Å²) in [7, 11) is 0. The predicted octanol–water partition coefficient (Wildman–Crippen LogP) is 3.18. The predicted molar refractivity (Wildman–Crippen MR) is 65.3 cm³/mol. The van der Waals surface area contributed by atoms with Gasteiger partial charge in [-0.1, -0.05) is 17.7 Å². The fraction of sp³-hybridized carbons (Fsp3) is 0.538. The third-order valence-electron chi connectivity index (χ3n) is 3.32. The molecule has 0 saturated heterocycles. The van der Waals surface area contributed by atoms with E-state index in [9.17, 15) is 0 Å². The lowest BCUT2D eigenvalue weighted by Gasteiger charge is -2.24. The Morgan fingerprint density at radius 1 is 1.33 bits per heavy atom. The number of rotatable bonds is 3. The molecule has 0 spiro atoms. The van der Waals surface area contributed by atoms with Crippen molar-refractivity contribution in [3.05, 3.63) is 34.3 Å². The zero-order valence-corrected chi connectivity index (χ0v) is 9.76. The number of fused-ring (bicyclic) bond motifs is 1. The Balaban J connectivity index is 2.05. The number of hydrogen-bond donors (Lipinski definition) is 1. The summed E-state index contributed by atoms with van der Waals surface area (Å²) in [6.45, 7) is 0.818. The number of benzene rings is 1. The monoisotopic (exact) mass is 223 g/mol. The molecule has 0 amide bonds. The van der Waals surface area contributed by atoms with Crippen LogP contribution in [-0.2, 0) is 12.8 Å². The van der Waals surface area contributed by atoms with Crippen molar-refractivity contribution in [2.24, 2.45) is 11.7 Å². The fourth-order valence-electron chi connectivity index (χ4n) is 2.45. The summed E-state index contributed by atoms with van der Waals surface area (Å²) in [4.78, 5) is 0. The van der Waals surface area contributed by atoms with Crippen molar-refractivity contribution in [3.63, 3.8) is 0 Å². The normalized spacial score (nSPS) is 20.0. The van der Waals surface area contributed by atoms with Crippen LogP contribution in [0, 0.1) is 5.92 Å². The maximum absolute atomic E-state index is 6.01. The van der Waals surface area contributed by atoms with Crippen LogP contribution in [0.3, 0.4) is 0 Å². The molecule has 1 unspecified atom stereocenters. The van der Waals surface area contributed by atoms with Gasteiger partial charge in [0.2, 0.25) is 0 Å². The van der Waals surface area contributed by atoms with E-state index in [1.165, 1.54) is 36.8 Å². The first kappa shape index (κ1) is 11.0. The van der Waals surface area contributed by atoms with Crippen LogP contribution in [-0.4, -0.2) is 6.54 Å². The van der Waals surface area contributed by atoms with Crippen LogP contribution < -0.4 is 5.73 Å². The highest BCUT2D eigenvalue weighted by atomic mass is 35.5. The summed E-state index contributed by atoms with van der Waals surface area (Å²) < 4.78 is 0. The van der Waals surface area contributed by atoms with E-state index in [0.717, 1.165) is 23.9 Å². The molecule has 2 heteroatoms. The molecule has 2 rings (SSSR count). The quantitative estimate of drug-likeness (QED) is 0.837. The molecule has 1 aliphatic carbocycles. The zero-order chi connectivity index (χ0) is 10.7. The average molecular weight is 224 g/mol. The van der Waals surface area contributed by atoms with E-state index in [2.05, 4.69) is 12.1 Å². The molecule has 0 aliphatic heterocycles. The summed E-state index contributed by atoms with van der Waals surface area (Å²) >= 11 is 6.01. The Morgan fingerprint density at radius 2 is 2.20 bits per heavy atom. The lowest BCUT2D eigenvalue weighted by Crippen LogP contribution is -2.15. The van der Waals surface area contributed by atoms with Crippen molar-refractivity contribution in [2.45, 2.75) is 32.1 Å². The Morgan fingerprint density at radius 3 is 3.00 bits per heavy atom. The Hall–Kier alpha value is -0.530. The van der Waals surface area contributed by atoms with E-state index in [1.807, 2.05) is 6.07 Å². The lowest BCUT2D eigenvalue weighted by atomic mass is 9.82. The highest BCUT2D eigenvalue weighted by Gasteiger charge is 2.17. The van der Waals surface area contributed by atoms with Gasteiger partial charge in [-0.25, -0.2) is 0 Å². The molecule has 1 aromatic carbocycles. The number of halogens is 1. The minimum absolute atomic E-state index is 0.818. The van der Waals surface area contributed by atoms with Crippen molar-refractivity contribution in [1.82, 2.24) is 0 Å². The molecule has 0 bridgehead atoms. The van der Waals surface area contributed by atoms with Crippen molar-refractivity contribution in [1.29, 1.82) is 0 Å². The van der Waals surface area contributed by atoms with Crippen LogP contribution in [0.5, 0.6) is 0 Å². The smallest absolute Gasteiger partial charge is 0.0408 e. The molecule has 1 atom stereocenters. The molecule has 1 nitrogen and oxygen atoms in total. The van der Waals surface area contributed by atoms with Gasteiger partial charge in [0, 0.05) is 5.02 Å². The van der Waals surface area contributed by atoms with Gasteiger partial charge < -0.3 is 5.73 Å². The summed E-state index contributed by atoms with van der Waals surface area (Å²) in [6, 6.07) is 6.31. The van der Waals surface area contributed by atoms with E-state index in [-0.39, 0.29) is 0 Å². The van der Waals surface area contributed by atoms with Gasteiger partial charge in [0.1, 0.15) is 0 Å². The van der Waals surface area contributed by atoms with Gasteiger partial charge in [-0.2, -0.15) is 0 Å². The second-order valence-corrected chi connectivity index (χ2v) is 4.89. The summed E-state index contributed by atoms with van der Waals surface area (Å²) in [5.41, 5.74) is 8.49. The fourth-order valence-corrected chi connectivity index (χ4v) is 2.65. The minimum Gasteiger partial charge on any atom is -0.330 e. The largest absolute Gasteiger partial charge is 0.330 e. The first-order valence-corrected chi connectivity index (χ1v) is 6.15. The van der Waals surface area contributed by atoms with Crippen LogP contribution in [0.25, 0.3) is 0 Å². The molecule has 0 fully saturated rings. The summed E-state index contributed by atoms with van der Waals surface area (Å²) in [5.74, 6) is 0.819. The Kier molecular flexibility index (Phi) is 3.66. The van der Waals surface area contributed by atoms with Gasteiger partial charge in [-0.05, 0) is 67.8 Å². The minimum atomic E-state index is 0.818. The molecule has 0 heterocycles. The molecule has 2 N–H and O–H groups in total. The third-order valence-corrected chi connectivity index (χ3v) is 3.55. The van der Waals surface area contributed by atoms with E-state index >= 15 is 0 Å². The Labute approximate surface area is 96.6 Å². The van der Waals surface area contributed by atoms with Crippen molar-refractivity contribution >= 4 is 11.6 Å². The van der Waals surface area contributed by atoms with Crippen LogP contribution in [0.15, 0.2) is 18.2 Å². The van der Waals surface area contributed by atoms with E-state index < -0.39 is 0 Å². The van der Waals surface area contributed by atoms with Gasteiger partial charge >= 0.3 is 0 Å². The summed E-state index contributed by atoms with van der Waals surface area (Å²) in [5, 5.41) is 0.869. The van der Waals surface area contributed by atoms with Crippen LogP contribution in [0.1, 0.15) is 30.4 Å². The van der Waals surface area contributed by atoms with E-state index in [1.54, 1.807) is 0 Å². The standard InChI is InChI=1S/C13H18ClN/c14-13-6-5-11-4-3-10(2-1-7-15)8-12(11)9-13/h5-6,9-10H,1-4,7-8,15H2. The molecule has 0 radical (unpaired) electrons. The molecule has 15 heavy (non-hydrogen) atoms. The molecule has 82 valence electrons. The van der Waals surface area contributed by atoms with E-state index in [4.69, 9.17) is 17.3 Å². The maximum Gasteiger partial charge on any atom is 0.0408 e. The van der Waals surface area contributed by atoms with E-state index in [0.29, 0.717) is 0 Å². The average Bonchev–Trinajstić information content (AvgIpc) is 2.25. The highest BCUT2D eigenvalue weighted by Crippen LogP contribution is 2.29. The lowest BCUT2D eigenvalue weighted by molar-refractivity contribution is 0.417. The van der Waals surface area contributed by atoms with Crippen molar-refractivity contribution in [3.8, 4) is 0 Å². The molecule has 0 saturated carbocycles. The van der Waals surface area contributed by atoms with Gasteiger partial charge in [0.05, 0.1) is 0 Å². The zero-order valence-electron chi connectivity index (χ0n) is 9.01. The molecule has 1 aromatic rings. The summed E-state index contributed by atoms with van der Waals surface area (Å²) in [6.07, 6.45) is 6.13. The van der Waals surface area contributed by atoms with Crippen LogP contribution >= 0.6 is 11.6 Å². The van der Waals surface area contributed by atoms with Crippen LogP contribution in [0.2, 0.25) is 5.02 Å². The van der Waals surface area contributed by atoms with Gasteiger partial charge in [-0.3, -0.25) is 0 Å². The molecular weight excluding hydrogens is 206 g/mol. The molecule has 0 aromatic heterocycles. The SMILES string of the molecule is NCCCC1CCc2ccc(Cl)cc2C1.